The number of hydrogen-bond acceptors (Lipinski definition) is 3. The van der Waals surface area contributed by atoms with Crippen molar-refractivity contribution in [3.8, 4) is 0 Å². The number of likely N-dealkylation sites (tertiary alicyclic amines) is 1. The van der Waals surface area contributed by atoms with Crippen LogP contribution in [0.5, 0.6) is 0 Å². The number of piperidine rings is 1. The molecule has 2 fully saturated rings. The fourth-order valence-electron chi connectivity index (χ4n) is 2.63. The number of aliphatic hydroxyl groups is 1. The largest absolute Gasteiger partial charge is 0.396 e. The molecule has 1 aliphatic carbocycles. The summed E-state index contributed by atoms with van der Waals surface area (Å²) in [6.07, 6.45) is 6.37. The number of nitrogens with zero attached hydrogens (tertiary/aromatic N) is 1. The Kier molecular flexibility index (Phi) is 4.62. The highest BCUT2D eigenvalue weighted by atomic mass is 16.3. The first-order chi connectivity index (χ1) is 7.78. The summed E-state index contributed by atoms with van der Waals surface area (Å²) in [6.45, 7) is 6.35. The Morgan fingerprint density at radius 3 is 2.50 bits per heavy atom. The Balaban J connectivity index is 1.60. The first-order valence-electron chi connectivity index (χ1n) is 6.87. The summed E-state index contributed by atoms with van der Waals surface area (Å²) in [7, 11) is 0. The Labute approximate surface area is 99.2 Å². The van der Waals surface area contributed by atoms with Crippen molar-refractivity contribution in [3.63, 3.8) is 0 Å². The normalized spacial score (nSPS) is 25.9. The van der Waals surface area contributed by atoms with Crippen LogP contribution >= 0.6 is 0 Å². The monoisotopic (exact) mass is 226 g/mol. The Morgan fingerprint density at radius 1 is 1.25 bits per heavy atom. The van der Waals surface area contributed by atoms with Gasteiger partial charge in [0.1, 0.15) is 0 Å². The van der Waals surface area contributed by atoms with Crippen LogP contribution in [0.25, 0.3) is 0 Å². The lowest BCUT2D eigenvalue weighted by Gasteiger charge is -2.33. The maximum atomic E-state index is 8.87. The number of nitrogens with one attached hydrogen (secondary N) is 1. The third kappa shape index (κ3) is 4.04. The third-order valence-electron chi connectivity index (χ3n) is 3.88. The lowest BCUT2D eigenvalue weighted by Crippen LogP contribution is -2.46. The van der Waals surface area contributed by atoms with Gasteiger partial charge in [-0.05, 0) is 58.0 Å². The van der Waals surface area contributed by atoms with E-state index in [0.29, 0.717) is 18.7 Å². The van der Waals surface area contributed by atoms with Gasteiger partial charge in [0, 0.05) is 25.2 Å². The van der Waals surface area contributed by atoms with Crippen molar-refractivity contribution in [2.75, 3.05) is 26.2 Å². The number of aliphatic hydroxyl groups excluding tert-OH is 1. The molecule has 0 spiro atoms. The van der Waals surface area contributed by atoms with Crippen LogP contribution in [-0.2, 0) is 0 Å². The van der Waals surface area contributed by atoms with E-state index >= 15 is 0 Å². The zero-order valence-electron chi connectivity index (χ0n) is 10.5. The molecule has 3 heteroatoms. The van der Waals surface area contributed by atoms with Crippen molar-refractivity contribution in [3.05, 3.63) is 0 Å². The van der Waals surface area contributed by atoms with Crippen LogP contribution in [0.1, 0.15) is 39.0 Å². The van der Waals surface area contributed by atoms with Gasteiger partial charge in [-0.15, -0.1) is 0 Å². The maximum Gasteiger partial charge on any atom is 0.0445 e. The first-order valence-corrected chi connectivity index (χ1v) is 6.87. The molecule has 0 aromatic carbocycles. The summed E-state index contributed by atoms with van der Waals surface area (Å²) in [5, 5.41) is 12.5. The van der Waals surface area contributed by atoms with E-state index in [1.807, 2.05) is 0 Å². The van der Waals surface area contributed by atoms with E-state index in [-0.39, 0.29) is 0 Å². The van der Waals surface area contributed by atoms with Crippen LogP contribution in [0.3, 0.4) is 0 Å². The number of rotatable bonds is 6. The summed E-state index contributed by atoms with van der Waals surface area (Å²) in [5.41, 5.74) is 0. The van der Waals surface area contributed by atoms with E-state index in [0.717, 1.165) is 12.3 Å². The van der Waals surface area contributed by atoms with Crippen LogP contribution in [0.15, 0.2) is 0 Å². The van der Waals surface area contributed by atoms with Gasteiger partial charge < -0.3 is 15.3 Å². The average molecular weight is 226 g/mol. The summed E-state index contributed by atoms with van der Waals surface area (Å²) in [4.78, 5) is 2.63. The van der Waals surface area contributed by atoms with Crippen LogP contribution in [0.2, 0.25) is 0 Å². The van der Waals surface area contributed by atoms with Crippen molar-refractivity contribution in [2.45, 2.75) is 51.1 Å². The molecular formula is C13H26N2O. The first kappa shape index (κ1) is 12.3. The molecule has 0 bridgehead atoms. The quantitative estimate of drug-likeness (QED) is 0.715. The van der Waals surface area contributed by atoms with Crippen LogP contribution in [0, 0.1) is 5.92 Å². The van der Waals surface area contributed by atoms with E-state index in [1.165, 1.54) is 45.3 Å². The lowest BCUT2D eigenvalue weighted by atomic mass is 10.0. The molecule has 0 aromatic heterocycles. The molecule has 0 amide bonds. The topological polar surface area (TPSA) is 35.5 Å². The molecule has 1 saturated carbocycles. The highest BCUT2D eigenvalue weighted by Crippen LogP contribution is 2.30. The van der Waals surface area contributed by atoms with E-state index in [4.69, 9.17) is 5.11 Å². The molecule has 1 heterocycles. The lowest BCUT2D eigenvalue weighted by molar-refractivity contribution is 0.180. The Hall–Kier alpha value is -0.120. The van der Waals surface area contributed by atoms with Crippen molar-refractivity contribution in [2.24, 2.45) is 5.92 Å². The second kappa shape index (κ2) is 5.99. The van der Waals surface area contributed by atoms with Gasteiger partial charge in [0.2, 0.25) is 0 Å². The second-order valence-electron chi connectivity index (χ2n) is 5.60. The van der Waals surface area contributed by atoms with Gasteiger partial charge in [-0.25, -0.2) is 0 Å². The SMILES string of the molecule is CC(CCO)NC1CCN(CC2CC2)CC1. The minimum Gasteiger partial charge on any atom is -0.396 e. The molecule has 1 atom stereocenters. The van der Waals surface area contributed by atoms with E-state index in [2.05, 4.69) is 17.1 Å². The molecule has 3 nitrogen and oxygen atoms in total. The molecule has 1 saturated heterocycles. The molecule has 2 aliphatic rings. The van der Waals surface area contributed by atoms with Gasteiger partial charge in [0.15, 0.2) is 0 Å². The van der Waals surface area contributed by atoms with Gasteiger partial charge in [-0.1, -0.05) is 0 Å². The third-order valence-corrected chi connectivity index (χ3v) is 3.88. The van der Waals surface area contributed by atoms with Crippen LogP contribution < -0.4 is 5.32 Å². The Bertz CT molecular complexity index is 198. The molecule has 94 valence electrons. The number of hydrogen-bond donors (Lipinski definition) is 2. The molecule has 1 unspecified atom stereocenters. The molecule has 0 aromatic rings. The van der Waals surface area contributed by atoms with E-state index < -0.39 is 0 Å². The predicted molar refractivity (Wildman–Crippen MR) is 66.5 cm³/mol. The van der Waals surface area contributed by atoms with E-state index in [9.17, 15) is 0 Å². The van der Waals surface area contributed by atoms with Crippen LogP contribution in [-0.4, -0.2) is 48.3 Å². The molecule has 16 heavy (non-hydrogen) atoms. The molecule has 2 N–H and O–H groups in total. The zero-order valence-corrected chi connectivity index (χ0v) is 10.5. The van der Waals surface area contributed by atoms with Crippen molar-refractivity contribution in [1.29, 1.82) is 0 Å². The summed E-state index contributed by atoms with van der Waals surface area (Å²) in [6, 6.07) is 1.14. The minimum atomic E-state index is 0.300. The highest BCUT2D eigenvalue weighted by Gasteiger charge is 2.27. The summed E-state index contributed by atoms with van der Waals surface area (Å²) >= 11 is 0. The second-order valence-corrected chi connectivity index (χ2v) is 5.60. The summed E-state index contributed by atoms with van der Waals surface area (Å²) in [5.74, 6) is 1.03. The fourth-order valence-corrected chi connectivity index (χ4v) is 2.63. The van der Waals surface area contributed by atoms with Gasteiger partial charge in [-0.3, -0.25) is 0 Å². The fraction of sp³-hybridized carbons (Fsp3) is 1.00. The molecular weight excluding hydrogens is 200 g/mol. The van der Waals surface area contributed by atoms with Crippen molar-refractivity contribution in [1.82, 2.24) is 10.2 Å². The predicted octanol–water partition coefficient (Wildman–Crippen LogP) is 1.22. The van der Waals surface area contributed by atoms with E-state index in [1.54, 1.807) is 0 Å². The maximum absolute atomic E-state index is 8.87. The van der Waals surface area contributed by atoms with Gasteiger partial charge in [0.25, 0.3) is 0 Å². The minimum absolute atomic E-state index is 0.300. The standard InChI is InChI=1S/C13H26N2O/c1-11(6-9-16)14-13-4-7-15(8-5-13)10-12-2-3-12/h11-14,16H,2-10H2,1H3. The highest BCUT2D eigenvalue weighted by molar-refractivity contribution is 4.83. The zero-order chi connectivity index (χ0) is 11.4. The van der Waals surface area contributed by atoms with Gasteiger partial charge in [0.05, 0.1) is 0 Å². The Morgan fingerprint density at radius 2 is 1.94 bits per heavy atom. The van der Waals surface area contributed by atoms with Crippen molar-refractivity contribution < 1.29 is 5.11 Å². The smallest absolute Gasteiger partial charge is 0.0445 e. The summed E-state index contributed by atoms with van der Waals surface area (Å²) < 4.78 is 0. The van der Waals surface area contributed by atoms with Crippen LogP contribution in [0.4, 0.5) is 0 Å². The average Bonchev–Trinajstić information content (AvgIpc) is 3.05. The molecule has 0 radical (unpaired) electrons. The van der Waals surface area contributed by atoms with Gasteiger partial charge >= 0.3 is 0 Å². The molecule has 2 rings (SSSR count). The van der Waals surface area contributed by atoms with Crippen molar-refractivity contribution >= 4 is 0 Å². The molecule has 1 aliphatic heterocycles. The van der Waals surface area contributed by atoms with Gasteiger partial charge in [-0.2, -0.15) is 0 Å².